The molecule has 0 aliphatic carbocycles. The zero-order chi connectivity index (χ0) is 20.7. The summed E-state index contributed by atoms with van der Waals surface area (Å²) < 4.78 is 14.8. The van der Waals surface area contributed by atoms with Crippen LogP contribution in [0.2, 0.25) is 0 Å². The van der Waals surface area contributed by atoms with Crippen molar-refractivity contribution in [2.45, 2.75) is 37.8 Å². The van der Waals surface area contributed by atoms with Crippen molar-refractivity contribution in [3.63, 3.8) is 0 Å². The molecule has 1 aromatic rings. The molecule has 2 unspecified atom stereocenters. The van der Waals surface area contributed by atoms with E-state index in [4.69, 9.17) is 5.53 Å². The fourth-order valence-electron chi connectivity index (χ4n) is 4.06. The summed E-state index contributed by atoms with van der Waals surface area (Å²) in [6.45, 7) is 0.824. The number of rotatable bonds is 3. The van der Waals surface area contributed by atoms with Crippen molar-refractivity contribution in [1.82, 2.24) is 10.2 Å². The Morgan fingerprint density at radius 1 is 1.14 bits per heavy atom. The van der Waals surface area contributed by atoms with Crippen molar-refractivity contribution in [3.8, 4) is 0 Å². The topological polar surface area (TPSA) is 136 Å². The van der Waals surface area contributed by atoms with Crippen molar-refractivity contribution >= 4 is 29.3 Å². The maximum Gasteiger partial charge on any atom is 0.262 e. The normalized spacial score (nSPS) is 24.3. The third-order valence-electron chi connectivity index (χ3n) is 5.46. The van der Waals surface area contributed by atoms with E-state index in [1.54, 1.807) is 4.90 Å². The number of hydrogen-bond acceptors (Lipinski definition) is 6. The van der Waals surface area contributed by atoms with Gasteiger partial charge in [-0.2, -0.15) is 0 Å². The summed E-state index contributed by atoms with van der Waals surface area (Å²) in [5.74, 6) is -3.29. The van der Waals surface area contributed by atoms with Gasteiger partial charge >= 0.3 is 0 Å². The molecular weight excluding hydrogens is 383 g/mol. The van der Waals surface area contributed by atoms with Crippen molar-refractivity contribution in [1.29, 1.82) is 0 Å². The lowest BCUT2D eigenvalue weighted by atomic mass is 10.0. The van der Waals surface area contributed by atoms with Crippen molar-refractivity contribution in [3.05, 3.63) is 39.5 Å². The summed E-state index contributed by atoms with van der Waals surface area (Å²) in [5.41, 5.74) is 8.69. The lowest BCUT2D eigenvalue weighted by Gasteiger charge is -2.32. The number of nitrogens with zero attached hydrogens (tertiary/aromatic N) is 5. The first-order valence-corrected chi connectivity index (χ1v) is 9.25. The van der Waals surface area contributed by atoms with E-state index in [0.717, 1.165) is 11.0 Å². The smallest absolute Gasteiger partial charge is 0.262 e. The summed E-state index contributed by atoms with van der Waals surface area (Å²) in [4.78, 5) is 54.3. The number of fused-ring (bicyclic) bond motifs is 1. The molecule has 11 heteroatoms. The number of hydrogen-bond donors (Lipinski definition) is 1. The molecule has 4 rings (SSSR count). The summed E-state index contributed by atoms with van der Waals surface area (Å²) in [5, 5.41) is 5.81. The Morgan fingerprint density at radius 3 is 2.55 bits per heavy atom. The second-order valence-electron chi connectivity index (χ2n) is 7.24. The van der Waals surface area contributed by atoms with Gasteiger partial charge in [-0.15, -0.1) is 0 Å². The van der Waals surface area contributed by atoms with Crippen LogP contribution in [0.1, 0.15) is 46.4 Å². The molecular formula is C18H17FN6O4. The van der Waals surface area contributed by atoms with Crippen LogP contribution in [-0.4, -0.2) is 53.7 Å². The first kappa shape index (κ1) is 18.9. The van der Waals surface area contributed by atoms with Gasteiger partial charge in [-0.25, -0.2) is 4.39 Å². The van der Waals surface area contributed by atoms with Crippen LogP contribution in [0.15, 0.2) is 17.2 Å². The molecule has 0 radical (unpaired) electrons. The second kappa shape index (κ2) is 7.17. The van der Waals surface area contributed by atoms with Crippen LogP contribution < -0.4 is 10.2 Å². The minimum Gasteiger partial charge on any atom is -0.369 e. The highest BCUT2D eigenvalue weighted by molar-refractivity contribution is 6.23. The van der Waals surface area contributed by atoms with E-state index in [-0.39, 0.29) is 35.7 Å². The Bertz CT molecular complexity index is 989. The Kier molecular flexibility index (Phi) is 4.67. The van der Waals surface area contributed by atoms with Gasteiger partial charge < -0.3 is 4.90 Å². The standard InChI is InChI=1S/C18H17FN6O4/c19-12-6-10-11(7-14(12)24-5-1-2-9(8-24)22-23-20)18(29)25(17(10)28)13-3-4-15(26)21-16(13)27/h6-7,9,13H,1-5,8H2,(H,21,26,27). The van der Waals surface area contributed by atoms with Gasteiger partial charge in [-0.3, -0.25) is 29.4 Å². The molecule has 1 aromatic carbocycles. The molecule has 3 aliphatic rings. The van der Waals surface area contributed by atoms with E-state index in [1.807, 2.05) is 0 Å². The van der Waals surface area contributed by atoms with E-state index in [0.29, 0.717) is 25.9 Å². The number of benzene rings is 1. The van der Waals surface area contributed by atoms with Crippen LogP contribution in [0.5, 0.6) is 0 Å². The van der Waals surface area contributed by atoms with E-state index in [1.165, 1.54) is 6.07 Å². The van der Waals surface area contributed by atoms with Gasteiger partial charge in [0.25, 0.3) is 11.8 Å². The number of piperidine rings is 2. The van der Waals surface area contributed by atoms with Crippen molar-refractivity contribution < 1.29 is 23.6 Å². The fraction of sp³-hybridized carbons (Fsp3) is 0.444. The number of halogens is 1. The highest BCUT2D eigenvalue weighted by atomic mass is 19.1. The molecule has 29 heavy (non-hydrogen) atoms. The molecule has 4 amide bonds. The first-order chi connectivity index (χ1) is 13.9. The van der Waals surface area contributed by atoms with Crippen LogP contribution in [0.3, 0.4) is 0 Å². The summed E-state index contributed by atoms with van der Waals surface area (Å²) >= 11 is 0. The van der Waals surface area contributed by atoms with Gasteiger partial charge in [0.1, 0.15) is 11.9 Å². The van der Waals surface area contributed by atoms with E-state index in [2.05, 4.69) is 15.3 Å². The van der Waals surface area contributed by atoms with Crippen molar-refractivity contribution in [2.24, 2.45) is 5.11 Å². The number of amides is 4. The number of anilines is 1. The molecule has 0 spiro atoms. The Labute approximate surface area is 164 Å². The first-order valence-electron chi connectivity index (χ1n) is 9.25. The monoisotopic (exact) mass is 400 g/mol. The van der Waals surface area contributed by atoms with Crippen LogP contribution >= 0.6 is 0 Å². The lowest BCUT2D eigenvalue weighted by molar-refractivity contribution is -0.136. The highest BCUT2D eigenvalue weighted by Gasteiger charge is 2.45. The van der Waals surface area contributed by atoms with Crippen LogP contribution in [0.25, 0.3) is 10.4 Å². The predicted octanol–water partition coefficient (Wildman–Crippen LogP) is 1.51. The zero-order valence-electron chi connectivity index (χ0n) is 15.3. The molecule has 3 aliphatic heterocycles. The molecule has 0 bridgehead atoms. The van der Waals surface area contributed by atoms with Crippen LogP contribution in [0.4, 0.5) is 10.1 Å². The molecule has 150 valence electrons. The average molecular weight is 400 g/mol. The molecule has 2 saturated heterocycles. The van der Waals surface area contributed by atoms with E-state index in [9.17, 15) is 23.6 Å². The van der Waals surface area contributed by atoms with Crippen LogP contribution in [0, 0.1) is 5.82 Å². The van der Waals surface area contributed by atoms with E-state index >= 15 is 0 Å². The van der Waals surface area contributed by atoms with E-state index < -0.39 is 35.5 Å². The molecule has 3 heterocycles. The SMILES string of the molecule is [N-]=[N+]=NC1CCCN(c2cc3c(cc2F)C(=O)N(C2CCC(=O)NC2=O)C3=O)C1. The second-order valence-corrected chi connectivity index (χ2v) is 7.24. The van der Waals surface area contributed by atoms with Gasteiger partial charge in [0.15, 0.2) is 0 Å². The number of nitrogens with one attached hydrogen (secondary N) is 1. The quantitative estimate of drug-likeness (QED) is 0.355. The molecule has 0 aromatic heterocycles. The van der Waals surface area contributed by atoms with Gasteiger partial charge in [-0.05, 0) is 36.9 Å². The molecule has 2 fully saturated rings. The van der Waals surface area contributed by atoms with Gasteiger partial charge in [-0.1, -0.05) is 5.11 Å². The number of carbonyl (C=O) groups excluding carboxylic acids is 4. The molecule has 1 N–H and O–H groups in total. The number of imide groups is 2. The van der Waals surface area contributed by atoms with Gasteiger partial charge in [0, 0.05) is 24.4 Å². The fourth-order valence-corrected chi connectivity index (χ4v) is 4.06. The average Bonchev–Trinajstić information content (AvgIpc) is 2.92. The third kappa shape index (κ3) is 3.19. The zero-order valence-corrected chi connectivity index (χ0v) is 15.3. The summed E-state index contributed by atoms with van der Waals surface area (Å²) in [7, 11) is 0. The Hall–Kier alpha value is -3.46. The minimum atomic E-state index is -1.10. The Balaban J connectivity index is 1.65. The van der Waals surface area contributed by atoms with Gasteiger partial charge in [0.05, 0.1) is 22.9 Å². The highest BCUT2D eigenvalue weighted by Crippen LogP contribution is 2.33. The van der Waals surface area contributed by atoms with Crippen molar-refractivity contribution in [2.75, 3.05) is 18.0 Å². The Morgan fingerprint density at radius 2 is 1.86 bits per heavy atom. The van der Waals surface area contributed by atoms with Gasteiger partial charge in [0.2, 0.25) is 11.8 Å². The molecule has 10 nitrogen and oxygen atoms in total. The molecule has 2 atom stereocenters. The number of carbonyl (C=O) groups is 4. The maximum absolute atomic E-state index is 14.8. The largest absolute Gasteiger partial charge is 0.369 e. The minimum absolute atomic E-state index is 0.0119. The third-order valence-corrected chi connectivity index (χ3v) is 5.46. The summed E-state index contributed by atoms with van der Waals surface area (Å²) in [6.07, 6.45) is 1.42. The van der Waals surface area contributed by atoms with Crippen LogP contribution in [-0.2, 0) is 9.59 Å². The number of azide groups is 1. The predicted molar refractivity (Wildman–Crippen MR) is 97.5 cm³/mol. The summed E-state index contributed by atoms with van der Waals surface area (Å²) in [6, 6.07) is 0.915. The maximum atomic E-state index is 14.8. The lowest BCUT2D eigenvalue weighted by Crippen LogP contribution is -2.54. The molecule has 0 saturated carbocycles.